The number of benzene rings is 3. The normalized spacial score (nSPS) is 11.1. The minimum absolute atomic E-state index is 0.235. The largest absolute Gasteiger partial charge is 0.440 e. The van der Waals surface area contributed by atoms with Crippen molar-refractivity contribution in [2.45, 2.75) is 40.0 Å². The van der Waals surface area contributed by atoms with Crippen molar-refractivity contribution >= 4 is 40.0 Å². The number of nitrogens with one attached hydrogen (secondary N) is 2. The molecule has 168 valence electrons. The molecule has 3 aromatic carbocycles. The molecule has 6 heteroatoms. The van der Waals surface area contributed by atoms with E-state index in [-0.39, 0.29) is 11.0 Å². The fourth-order valence-electron chi connectivity index (χ4n) is 3.54. The first-order chi connectivity index (χ1) is 15.8. The summed E-state index contributed by atoms with van der Waals surface area (Å²) in [4.78, 5) is 17.1. The summed E-state index contributed by atoms with van der Waals surface area (Å²) in [6.45, 7) is 8.38. The topological polar surface area (TPSA) is 67.2 Å². The van der Waals surface area contributed by atoms with Crippen molar-refractivity contribution in [3.05, 3.63) is 94.4 Å². The van der Waals surface area contributed by atoms with Gasteiger partial charge in [0, 0.05) is 17.7 Å². The molecule has 2 N–H and O–H groups in total. The Morgan fingerprint density at radius 3 is 2.33 bits per heavy atom. The highest BCUT2D eigenvalue weighted by molar-refractivity contribution is 7.80. The van der Waals surface area contributed by atoms with E-state index in [1.54, 1.807) is 0 Å². The number of aryl methyl sites for hydroxylation is 2. The number of carbonyl (C=O) groups excluding carboxylic acids is 1. The number of anilines is 1. The van der Waals surface area contributed by atoms with Crippen LogP contribution in [0, 0.1) is 13.8 Å². The molecule has 1 aromatic heterocycles. The van der Waals surface area contributed by atoms with E-state index in [0.29, 0.717) is 23.8 Å². The predicted molar refractivity (Wildman–Crippen MR) is 137 cm³/mol. The average molecular weight is 458 g/mol. The predicted octanol–water partition coefficient (Wildman–Crippen LogP) is 6.29. The van der Waals surface area contributed by atoms with E-state index in [1.807, 2.05) is 54.6 Å². The molecule has 0 radical (unpaired) electrons. The van der Waals surface area contributed by atoms with Crippen LogP contribution in [0.4, 0.5) is 5.69 Å². The number of fused-ring (bicyclic) bond motifs is 1. The number of hydrogen-bond donors (Lipinski definition) is 2. The molecule has 0 aliphatic rings. The summed E-state index contributed by atoms with van der Waals surface area (Å²) in [5.74, 6) is 0.867. The van der Waals surface area contributed by atoms with Crippen molar-refractivity contribution in [1.82, 2.24) is 10.3 Å². The number of rotatable bonds is 5. The van der Waals surface area contributed by atoms with Crippen LogP contribution in [0.1, 0.15) is 58.3 Å². The highest BCUT2D eigenvalue weighted by Gasteiger charge is 2.10. The number of nitrogens with zero attached hydrogens (tertiary/aromatic N) is 1. The van der Waals surface area contributed by atoms with Gasteiger partial charge in [-0.05, 0) is 90.6 Å². The van der Waals surface area contributed by atoms with Gasteiger partial charge >= 0.3 is 0 Å². The van der Waals surface area contributed by atoms with E-state index in [0.717, 1.165) is 22.4 Å². The summed E-state index contributed by atoms with van der Waals surface area (Å²) in [7, 11) is 0. The van der Waals surface area contributed by atoms with Gasteiger partial charge in [-0.2, -0.15) is 0 Å². The van der Waals surface area contributed by atoms with Crippen molar-refractivity contribution in [1.29, 1.82) is 0 Å². The Morgan fingerprint density at radius 2 is 1.67 bits per heavy atom. The van der Waals surface area contributed by atoms with Gasteiger partial charge < -0.3 is 9.73 Å². The molecule has 4 aromatic rings. The van der Waals surface area contributed by atoms with E-state index < -0.39 is 0 Å². The Morgan fingerprint density at radius 1 is 1.00 bits per heavy atom. The summed E-state index contributed by atoms with van der Waals surface area (Å²) in [5.41, 5.74) is 7.71. The summed E-state index contributed by atoms with van der Waals surface area (Å²) in [5, 5.41) is 6.04. The van der Waals surface area contributed by atoms with Crippen molar-refractivity contribution in [3.8, 4) is 0 Å². The van der Waals surface area contributed by atoms with Crippen LogP contribution in [0.2, 0.25) is 0 Å². The summed E-state index contributed by atoms with van der Waals surface area (Å²) < 4.78 is 5.91. The van der Waals surface area contributed by atoms with Crippen LogP contribution in [-0.4, -0.2) is 16.0 Å². The maximum Gasteiger partial charge on any atom is 0.257 e. The average Bonchev–Trinajstić information content (AvgIpc) is 3.16. The molecule has 0 aliphatic carbocycles. The van der Waals surface area contributed by atoms with Gasteiger partial charge in [-0.3, -0.25) is 10.1 Å². The summed E-state index contributed by atoms with van der Waals surface area (Å²) >= 11 is 5.31. The standard InChI is InChI=1S/C27H27N3O2S/c1-16(2)20-7-9-21(10-8-20)26(31)30-27(33)28-22-11-5-19(6-12-22)15-25-29-23-13-17(3)18(4)14-24(23)32-25/h5-14,16H,15H2,1-4H3,(H2,28,30,31,33). The molecule has 0 atom stereocenters. The maximum absolute atomic E-state index is 12.4. The SMILES string of the molecule is Cc1cc2nc(Cc3ccc(NC(=S)NC(=O)c4ccc(C(C)C)cc4)cc3)oc2cc1C. The third kappa shape index (κ3) is 5.46. The van der Waals surface area contributed by atoms with Crippen LogP contribution in [0.15, 0.2) is 65.1 Å². The second-order valence-corrected chi connectivity index (χ2v) is 8.98. The molecule has 1 heterocycles. The van der Waals surface area contributed by atoms with Crippen LogP contribution in [0.3, 0.4) is 0 Å². The zero-order valence-corrected chi connectivity index (χ0v) is 20.0. The lowest BCUT2D eigenvalue weighted by atomic mass is 10.0. The lowest BCUT2D eigenvalue weighted by Gasteiger charge is -2.11. The molecule has 5 nitrogen and oxygen atoms in total. The van der Waals surface area contributed by atoms with Crippen LogP contribution in [0.5, 0.6) is 0 Å². The van der Waals surface area contributed by atoms with Gasteiger partial charge in [-0.25, -0.2) is 4.98 Å². The lowest BCUT2D eigenvalue weighted by molar-refractivity contribution is 0.0977. The van der Waals surface area contributed by atoms with E-state index >= 15 is 0 Å². The Labute approximate surface area is 199 Å². The fourth-order valence-corrected chi connectivity index (χ4v) is 3.75. The smallest absolute Gasteiger partial charge is 0.257 e. The number of thiocarbonyl (C=S) groups is 1. The summed E-state index contributed by atoms with van der Waals surface area (Å²) in [6, 6.07) is 19.5. The Bertz CT molecular complexity index is 1270. The van der Waals surface area contributed by atoms with Gasteiger partial charge in [0.1, 0.15) is 5.52 Å². The Balaban J connectivity index is 1.35. The van der Waals surface area contributed by atoms with Gasteiger partial charge in [-0.1, -0.05) is 38.1 Å². The molecular weight excluding hydrogens is 430 g/mol. The summed E-state index contributed by atoms with van der Waals surface area (Å²) in [6.07, 6.45) is 0.598. The second-order valence-electron chi connectivity index (χ2n) is 8.57. The quantitative estimate of drug-likeness (QED) is 0.345. The highest BCUT2D eigenvalue weighted by atomic mass is 32.1. The van der Waals surface area contributed by atoms with Gasteiger partial charge in [0.2, 0.25) is 0 Å². The zero-order valence-electron chi connectivity index (χ0n) is 19.2. The van der Waals surface area contributed by atoms with Gasteiger partial charge in [0.05, 0.1) is 0 Å². The highest BCUT2D eigenvalue weighted by Crippen LogP contribution is 2.22. The van der Waals surface area contributed by atoms with Crippen LogP contribution >= 0.6 is 12.2 Å². The number of aromatic nitrogens is 1. The number of hydrogen-bond acceptors (Lipinski definition) is 4. The van der Waals surface area contributed by atoms with E-state index in [2.05, 4.69) is 49.4 Å². The van der Waals surface area contributed by atoms with Crippen LogP contribution < -0.4 is 10.6 Å². The zero-order chi connectivity index (χ0) is 23.5. The monoisotopic (exact) mass is 457 g/mol. The van der Waals surface area contributed by atoms with Crippen molar-refractivity contribution in [2.75, 3.05) is 5.32 Å². The molecule has 0 fully saturated rings. The molecule has 33 heavy (non-hydrogen) atoms. The minimum atomic E-state index is -0.235. The lowest BCUT2D eigenvalue weighted by Crippen LogP contribution is -2.34. The Kier molecular flexibility index (Phi) is 6.56. The molecule has 0 saturated carbocycles. The number of amides is 1. The second kappa shape index (κ2) is 9.55. The molecule has 0 bridgehead atoms. The van der Waals surface area contributed by atoms with Crippen LogP contribution in [0.25, 0.3) is 11.1 Å². The fraction of sp³-hybridized carbons (Fsp3) is 0.222. The minimum Gasteiger partial charge on any atom is -0.440 e. The van der Waals surface area contributed by atoms with Crippen molar-refractivity contribution < 1.29 is 9.21 Å². The van der Waals surface area contributed by atoms with Gasteiger partial charge in [0.15, 0.2) is 16.6 Å². The van der Waals surface area contributed by atoms with Gasteiger partial charge in [0.25, 0.3) is 5.91 Å². The molecule has 0 aliphatic heterocycles. The molecule has 4 rings (SSSR count). The Hall–Kier alpha value is -3.51. The van der Waals surface area contributed by atoms with E-state index in [9.17, 15) is 4.79 Å². The molecule has 0 saturated heterocycles. The third-order valence-electron chi connectivity index (χ3n) is 5.68. The number of oxazole rings is 1. The molecule has 0 unspecified atom stereocenters. The first-order valence-corrected chi connectivity index (χ1v) is 11.4. The van der Waals surface area contributed by atoms with Crippen molar-refractivity contribution in [2.24, 2.45) is 0 Å². The first kappa shape index (κ1) is 22.7. The van der Waals surface area contributed by atoms with Crippen molar-refractivity contribution in [3.63, 3.8) is 0 Å². The molecular formula is C27H27N3O2S. The molecule has 1 amide bonds. The molecule has 0 spiro atoms. The van der Waals surface area contributed by atoms with E-state index in [1.165, 1.54) is 16.7 Å². The number of carbonyl (C=O) groups is 1. The third-order valence-corrected chi connectivity index (χ3v) is 5.89. The maximum atomic E-state index is 12.4. The first-order valence-electron chi connectivity index (χ1n) is 11.0. The van der Waals surface area contributed by atoms with Crippen LogP contribution in [-0.2, 0) is 6.42 Å². The van der Waals surface area contributed by atoms with Gasteiger partial charge in [-0.15, -0.1) is 0 Å². The van der Waals surface area contributed by atoms with E-state index in [4.69, 9.17) is 16.6 Å².